The average Bonchev–Trinajstić information content (AvgIpc) is 2.64. The van der Waals surface area contributed by atoms with Gasteiger partial charge in [0.15, 0.2) is 5.78 Å². The van der Waals surface area contributed by atoms with Gasteiger partial charge < -0.3 is 9.64 Å². The van der Waals surface area contributed by atoms with Crippen LogP contribution in [0.25, 0.3) is 0 Å². The molecule has 1 aliphatic heterocycles. The van der Waals surface area contributed by atoms with Gasteiger partial charge in [-0.3, -0.25) is 9.69 Å². The van der Waals surface area contributed by atoms with E-state index in [-0.39, 0.29) is 5.78 Å². The Kier molecular flexibility index (Phi) is 4.93. The lowest BCUT2D eigenvalue weighted by Gasteiger charge is -2.19. The third-order valence-electron chi connectivity index (χ3n) is 3.57. The van der Waals surface area contributed by atoms with Crippen LogP contribution >= 0.6 is 0 Å². The molecule has 1 fully saturated rings. The fourth-order valence-corrected chi connectivity index (χ4v) is 2.35. The molecular formula is C15H22N2O2. The second-order valence-corrected chi connectivity index (χ2v) is 5.09. The SMILES string of the molecule is COc1cccc(C(=O)CN2CCCN(C)CC2)c1. The second kappa shape index (κ2) is 6.68. The predicted molar refractivity (Wildman–Crippen MR) is 75.9 cm³/mol. The Morgan fingerprint density at radius 3 is 2.89 bits per heavy atom. The minimum atomic E-state index is 0.170. The largest absolute Gasteiger partial charge is 0.497 e. The first-order valence-electron chi connectivity index (χ1n) is 6.77. The van der Waals surface area contributed by atoms with Crippen LogP contribution < -0.4 is 4.74 Å². The summed E-state index contributed by atoms with van der Waals surface area (Å²) in [6.45, 7) is 4.61. The van der Waals surface area contributed by atoms with Crippen molar-refractivity contribution in [1.82, 2.24) is 9.80 Å². The summed E-state index contributed by atoms with van der Waals surface area (Å²) in [6, 6.07) is 7.39. The van der Waals surface area contributed by atoms with E-state index in [4.69, 9.17) is 4.74 Å². The maximum Gasteiger partial charge on any atom is 0.176 e. The molecule has 0 N–H and O–H groups in total. The first kappa shape index (κ1) is 14.0. The van der Waals surface area contributed by atoms with Gasteiger partial charge in [-0.2, -0.15) is 0 Å². The number of benzene rings is 1. The molecule has 0 aliphatic carbocycles. The summed E-state index contributed by atoms with van der Waals surface area (Å²) in [7, 11) is 3.75. The Balaban J connectivity index is 1.96. The van der Waals surface area contributed by atoms with Crippen molar-refractivity contribution >= 4 is 5.78 Å². The highest BCUT2D eigenvalue weighted by molar-refractivity contribution is 5.97. The van der Waals surface area contributed by atoms with Crippen molar-refractivity contribution in [3.8, 4) is 5.75 Å². The van der Waals surface area contributed by atoms with E-state index in [9.17, 15) is 4.79 Å². The van der Waals surface area contributed by atoms with Crippen molar-refractivity contribution in [2.75, 3.05) is 46.9 Å². The number of rotatable bonds is 4. The van der Waals surface area contributed by atoms with Crippen molar-refractivity contribution in [2.24, 2.45) is 0 Å². The Labute approximate surface area is 115 Å². The molecule has 0 unspecified atom stereocenters. The summed E-state index contributed by atoms with van der Waals surface area (Å²) >= 11 is 0. The van der Waals surface area contributed by atoms with Crippen LogP contribution in [0.4, 0.5) is 0 Å². The van der Waals surface area contributed by atoms with E-state index < -0.39 is 0 Å². The molecule has 4 nitrogen and oxygen atoms in total. The van der Waals surface area contributed by atoms with Crippen LogP contribution in [-0.4, -0.2) is 62.5 Å². The van der Waals surface area contributed by atoms with Crippen LogP contribution in [0.3, 0.4) is 0 Å². The molecule has 2 rings (SSSR count). The van der Waals surface area contributed by atoms with E-state index in [0.29, 0.717) is 6.54 Å². The van der Waals surface area contributed by atoms with E-state index in [2.05, 4.69) is 16.8 Å². The number of hydrogen-bond donors (Lipinski definition) is 0. The lowest BCUT2D eigenvalue weighted by atomic mass is 10.1. The Hall–Kier alpha value is -1.39. The normalized spacial score (nSPS) is 18.0. The highest BCUT2D eigenvalue weighted by atomic mass is 16.5. The molecule has 1 saturated heterocycles. The Morgan fingerprint density at radius 1 is 1.26 bits per heavy atom. The molecule has 19 heavy (non-hydrogen) atoms. The lowest BCUT2D eigenvalue weighted by Crippen LogP contribution is -2.33. The van der Waals surface area contributed by atoms with Crippen LogP contribution in [0.5, 0.6) is 5.75 Å². The summed E-state index contributed by atoms with van der Waals surface area (Å²) < 4.78 is 5.16. The quantitative estimate of drug-likeness (QED) is 0.770. The summed E-state index contributed by atoms with van der Waals surface area (Å²) in [5, 5.41) is 0. The number of carbonyl (C=O) groups is 1. The zero-order chi connectivity index (χ0) is 13.7. The van der Waals surface area contributed by atoms with Gasteiger partial charge in [-0.15, -0.1) is 0 Å². The number of likely N-dealkylation sites (N-methyl/N-ethyl adjacent to an activating group) is 1. The van der Waals surface area contributed by atoms with Crippen molar-refractivity contribution in [1.29, 1.82) is 0 Å². The molecule has 104 valence electrons. The van der Waals surface area contributed by atoms with Crippen molar-refractivity contribution < 1.29 is 9.53 Å². The van der Waals surface area contributed by atoms with Gasteiger partial charge in [0.1, 0.15) is 5.75 Å². The van der Waals surface area contributed by atoms with Crippen LogP contribution in [0.1, 0.15) is 16.8 Å². The maximum atomic E-state index is 12.3. The lowest BCUT2D eigenvalue weighted by molar-refractivity contribution is 0.0933. The van der Waals surface area contributed by atoms with Gasteiger partial charge in [0.25, 0.3) is 0 Å². The molecular weight excluding hydrogens is 240 g/mol. The topological polar surface area (TPSA) is 32.8 Å². The van der Waals surface area contributed by atoms with Crippen molar-refractivity contribution in [3.05, 3.63) is 29.8 Å². The van der Waals surface area contributed by atoms with Gasteiger partial charge in [-0.05, 0) is 38.7 Å². The third-order valence-corrected chi connectivity index (χ3v) is 3.57. The van der Waals surface area contributed by atoms with Gasteiger partial charge in [-0.25, -0.2) is 0 Å². The molecule has 1 aromatic carbocycles. The number of hydrogen-bond acceptors (Lipinski definition) is 4. The molecule has 0 radical (unpaired) electrons. The van der Waals surface area contributed by atoms with Crippen LogP contribution in [-0.2, 0) is 0 Å². The number of nitrogens with zero attached hydrogens (tertiary/aromatic N) is 2. The average molecular weight is 262 g/mol. The van der Waals surface area contributed by atoms with Crippen molar-refractivity contribution in [3.63, 3.8) is 0 Å². The van der Waals surface area contributed by atoms with Gasteiger partial charge in [0.2, 0.25) is 0 Å². The smallest absolute Gasteiger partial charge is 0.176 e. The second-order valence-electron chi connectivity index (χ2n) is 5.09. The molecule has 4 heteroatoms. The highest BCUT2D eigenvalue weighted by Crippen LogP contribution is 2.13. The molecule has 0 aromatic heterocycles. The van der Waals surface area contributed by atoms with Crippen LogP contribution in [0.15, 0.2) is 24.3 Å². The molecule has 0 amide bonds. The zero-order valence-corrected chi connectivity index (χ0v) is 11.8. The van der Waals surface area contributed by atoms with Gasteiger partial charge in [0.05, 0.1) is 13.7 Å². The van der Waals surface area contributed by atoms with Crippen LogP contribution in [0.2, 0.25) is 0 Å². The van der Waals surface area contributed by atoms with Gasteiger partial charge >= 0.3 is 0 Å². The molecule has 0 bridgehead atoms. The fourth-order valence-electron chi connectivity index (χ4n) is 2.35. The van der Waals surface area contributed by atoms with E-state index in [1.54, 1.807) is 7.11 Å². The van der Waals surface area contributed by atoms with Gasteiger partial charge in [-0.1, -0.05) is 12.1 Å². The van der Waals surface area contributed by atoms with E-state index in [0.717, 1.165) is 43.9 Å². The predicted octanol–water partition coefficient (Wildman–Crippen LogP) is 1.52. The summed E-state index contributed by atoms with van der Waals surface area (Å²) in [4.78, 5) is 16.8. The molecule has 0 saturated carbocycles. The Morgan fingerprint density at radius 2 is 2.11 bits per heavy atom. The van der Waals surface area contributed by atoms with Gasteiger partial charge in [0, 0.05) is 18.7 Å². The third kappa shape index (κ3) is 4.04. The van der Waals surface area contributed by atoms with E-state index >= 15 is 0 Å². The fraction of sp³-hybridized carbons (Fsp3) is 0.533. The highest BCUT2D eigenvalue weighted by Gasteiger charge is 2.16. The summed E-state index contributed by atoms with van der Waals surface area (Å²) in [5.74, 6) is 0.907. The molecule has 1 heterocycles. The first-order chi connectivity index (χ1) is 9.19. The number of Topliss-reactive ketones (excluding diaryl/α,β-unsaturated/α-hetero) is 1. The summed E-state index contributed by atoms with van der Waals surface area (Å²) in [6.07, 6.45) is 1.13. The number of methoxy groups -OCH3 is 1. The number of ketones is 1. The number of carbonyl (C=O) groups excluding carboxylic acids is 1. The van der Waals surface area contributed by atoms with Crippen molar-refractivity contribution in [2.45, 2.75) is 6.42 Å². The molecule has 0 spiro atoms. The zero-order valence-electron chi connectivity index (χ0n) is 11.8. The molecule has 1 aromatic rings. The van der Waals surface area contributed by atoms with E-state index in [1.165, 1.54) is 0 Å². The Bertz CT molecular complexity index is 434. The summed E-state index contributed by atoms with van der Waals surface area (Å²) in [5.41, 5.74) is 0.733. The standard InChI is InChI=1S/C15H22N2O2/c1-16-7-4-8-17(10-9-16)12-15(18)13-5-3-6-14(11-13)19-2/h3,5-6,11H,4,7-10,12H2,1-2H3. The maximum absolute atomic E-state index is 12.3. The minimum absolute atomic E-state index is 0.170. The first-order valence-corrected chi connectivity index (χ1v) is 6.77. The van der Waals surface area contributed by atoms with E-state index in [1.807, 2.05) is 24.3 Å². The number of ether oxygens (including phenoxy) is 1. The minimum Gasteiger partial charge on any atom is -0.497 e. The molecule has 0 atom stereocenters. The monoisotopic (exact) mass is 262 g/mol. The molecule has 1 aliphatic rings. The van der Waals surface area contributed by atoms with Crippen LogP contribution in [0, 0.1) is 0 Å².